The summed E-state index contributed by atoms with van der Waals surface area (Å²) in [5.41, 5.74) is 2.80. The molecule has 0 bridgehead atoms. The molecule has 0 aromatic heterocycles. The van der Waals surface area contributed by atoms with Crippen LogP contribution in [0.1, 0.15) is 42.2 Å². The molecule has 3 aromatic carbocycles. The van der Waals surface area contributed by atoms with E-state index in [1.165, 1.54) is 11.0 Å². The average molecular weight is 414 g/mol. The van der Waals surface area contributed by atoms with Gasteiger partial charge in [-0.1, -0.05) is 48.5 Å². The minimum Gasteiger partial charge on any atom is -0.496 e. The maximum absolute atomic E-state index is 12.8. The van der Waals surface area contributed by atoms with Crippen molar-refractivity contribution in [3.63, 3.8) is 0 Å². The van der Waals surface area contributed by atoms with Crippen LogP contribution >= 0.6 is 0 Å². The molecular formula is C25H22N2O4. The number of nitrogens with one attached hydrogen (secondary N) is 1. The summed E-state index contributed by atoms with van der Waals surface area (Å²) in [7, 11) is 1.61. The van der Waals surface area contributed by atoms with E-state index < -0.39 is 0 Å². The number of hydrogen-bond donors (Lipinski definition) is 1. The van der Waals surface area contributed by atoms with Gasteiger partial charge in [-0.3, -0.25) is 19.3 Å². The highest BCUT2D eigenvalue weighted by Crippen LogP contribution is 2.26. The van der Waals surface area contributed by atoms with E-state index in [9.17, 15) is 14.4 Å². The predicted molar refractivity (Wildman–Crippen MR) is 116 cm³/mol. The first-order valence-electron chi connectivity index (χ1n) is 10.0. The number of methoxy groups -OCH3 is 1. The summed E-state index contributed by atoms with van der Waals surface area (Å²) < 4.78 is 5.33. The van der Waals surface area contributed by atoms with Gasteiger partial charge in [0, 0.05) is 12.1 Å². The van der Waals surface area contributed by atoms with Gasteiger partial charge in [-0.25, -0.2) is 0 Å². The number of rotatable bonds is 7. The van der Waals surface area contributed by atoms with Crippen molar-refractivity contribution >= 4 is 17.7 Å². The molecule has 0 fully saturated rings. The van der Waals surface area contributed by atoms with Gasteiger partial charge in [-0.2, -0.15) is 0 Å². The zero-order valence-electron chi connectivity index (χ0n) is 17.1. The molecular weight excluding hydrogens is 392 g/mol. The number of imide groups is 1. The van der Waals surface area contributed by atoms with Crippen LogP contribution in [0.25, 0.3) is 0 Å². The summed E-state index contributed by atoms with van der Waals surface area (Å²) in [6.45, 7) is 0.622. The van der Waals surface area contributed by atoms with Crippen LogP contribution in [0.15, 0.2) is 72.8 Å². The number of hydrogen-bond acceptors (Lipinski definition) is 4. The molecule has 4 rings (SSSR count). The molecule has 0 radical (unpaired) electrons. The van der Waals surface area contributed by atoms with Gasteiger partial charge >= 0.3 is 0 Å². The number of ether oxygens (including phenoxy) is 1. The second-order valence-corrected chi connectivity index (χ2v) is 7.26. The first-order valence-corrected chi connectivity index (χ1v) is 10.0. The second kappa shape index (κ2) is 8.83. The molecule has 1 heterocycles. The molecule has 1 N–H and O–H groups in total. The van der Waals surface area contributed by atoms with E-state index in [2.05, 4.69) is 5.32 Å². The molecule has 31 heavy (non-hydrogen) atoms. The minimum atomic E-state index is -0.382. The molecule has 0 saturated heterocycles. The van der Waals surface area contributed by atoms with Gasteiger partial charge in [0.2, 0.25) is 0 Å². The molecule has 0 atom stereocenters. The van der Waals surface area contributed by atoms with Gasteiger partial charge < -0.3 is 10.1 Å². The SMILES string of the molecule is COc1ccccc1CCNC(=O)c1ccc2c(c1)C(=O)N(Cc1ccccc1)C2=O. The lowest BCUT2D eigenvalue weighted by Gasteiger charge is -2.13. The maximum Gasteiger partial charge on any atom is 0.261 e. The molecule has 3 aromatic rings. The van der Waals surface area contributed by atoms with E-state index in [1.807, 2.05) is 54.6 Å². The van der Waals surface area contributed by atoms with Crippen LogP contribution in [-0.4, -0.2) is 36.3 Å². The van der Waals surface area contributed by atoms with Crippen molar-refractivity contribution in [3.8, 4) is 5.75 Å². The fourth-order valence-corrected chi connectivity index (χ4v) is 3.66. The molecule has 6 heteroatoms. The van der Waals surface area contributed by atoms with E-state index in [1.54, 1.807) is 19.2 Å². The second-order valence-electron chi connectivity index (χ2n) is 7.26. The molecule has 156 valence electrons. The van der Waals surface area contributed by atoms with Gasteiger partial charge in [0.05, 0.1) is 24.8 Å². The Balaban J connectivity index is 1.43. The molecule has 1 aliphatic heterocycles. The normalized spacial score (nSPS) is 12.6. The Morgan fingerprint density at radius 2 is 1.61 bits per heavy atom. The highest BCUT2D eigenvalue weighted by Gasteiger charge is 2.35. The number of amides is 3. The summed E-state index contributed by atoms with van der Waals surface area (Å²) in [5.74, 6) is -0.240. The Morgan fingerprint density at radius 1 is 0.903 bits per heavy atom. The lowest BCUT2D eigenvalue weighted by atomic mass is 10.1. The summed E-state index contributed by atoms with van der Waals surface area (Å²) in [6.07, 6.45) is 0.614. The quantitative estimate of drug-likeness (QED) is 0.601. The van der Waals surface area contributed by atoms with Crippen LogP contribution < -0.4 is 10.1 Å². The number of para-hydroxylation sites is 1. The Bertz CT molecular complexity index is 1140. The fourth-order valence-electron chi connectivity index (χ4n) is 3.66. The van der Waals surface area contributed by atoms with Crippen LogP contribution in [0.2, 0.25) is 0 Å². The molecule has 0 unspecified atom stereocenters. The number of nitrogens with zero attached hydrogens (tertiary/aromatic N) is 1. The van der Waals surface area contributed by atoms with Gasteiger partial charge in [0.25, 0.3) is 17.7 Å². The van der Waals surface area contributed by atoms with Crippen LogP contribution in [0.4, 0.5) is 0 Å². The van der Waals surface area contributed by atoms with Crippen LogP contribution in [0, 0.1) is 0 Å². The number of carbonyl (C=O) groups excluding carboxylic acids is 3. The lowest BCUT2D eigenvalue weighted by Crippen LogP contribution is -2.29. The van der Waals surface area contributed by atoms with E-state index in [4.69, 9.17) is 4.74 Å². The van der Waals surface area contributed by atoms with E-state index >= 15 is 0 Å². The van der Waals surface area contributed by atoms with Gasteiger partial charge in [-0.05, 0) is 41.8 Å². The maximum atomic E-state index is 12.8. The molecule has 3 amide bonds. The third-order valence-corrected chi connectivity index (χ3v) is 5.29. The molecule has 1 aliphatic rings. The zero-order chi connectivity index (χ0) is 21.8. The monoisotopic (exact) mass is 414 g/mol. The zero-order valence-corrected chi connectivity index (χ0v) is 17.1. The Kier molecular flexibility index (Phi) is 5.80. The summed E-state index contributed by atoms with van der Waals surface area (Å²) >= 11 is 0. The Labute approximate surface area is 180 Å². The van der Waals surface area contributed by atoms with Crippen LogP contribution in [0.3, 0.4) is 0 Å². The van der Waals surface area contributed by atoms with Crippen molar-refractivity contribution in [2.24, 2.45) is 0 Å². The van der Waals surface area contributed by atoms with Crippen molar-refractivity contribution in [3.05, 3.63) is 101 Å². The van der Waals surface area contributed by atoms with Crippen molar-refractivity contribution in [1.82, 2.24) is 10.2 Å². The predicted octanol–water partition coefficient (Wildman–Crippen LogP) is 3.46. The third kappa shape index (κ3) is 4.19. The molecule has 0 aliphatic carbocycles. The van der Waals surface area contributed by atoms with Crippen molar-refractivity contribution in [1.29, 1.82) is 0 Å². The molecule has 0 saturated carbocycles. The van der Waals surface area contributed by atoms with E-state index in [-0.39, 0.29) is 29.8 Å². The van der Waals surface area contributed by atoms with E-state index in [0.29, 0.717) is 24.1 Å². The summed E-state index contributed by atoms with van der Waals surface area (Å²) in [4.78, 5) is 39.3. The van der Waals surface area contributed by atoms with E-state index in [0.717, 1.165) is 16.9 Å². The molecule has 0 spiro atoms. The fraction of sp³-hybridized carbons (Fsp3) is 0.160. The summed E-state index contributed by atoms with van der Waals surface area (Å²) in [5, 5.41) is 2.86. The van der Waals surface area contributed by atoms with Crippen molar-refractivity contribution in [2.75, 3.05) is 13.7 Å². The van der Waals surface area contributed by atoms with Crippen LogP contribution in [-0.2, 0) is 13.0 Å². The topological polar surface area (TPSA) is 75.7 Å². The van der Waals surface area contributed by atoms with Crippen molar-refractivity contribution < 1.29 is 19.1 Å². The highest BCUT2D eigenvalue weighted by molar-refractivity contribution is 6.22. The molecule has 6 nitrogen and oxygen atoms in total. The Morgan fingerprint density at radius 3 is 2.39 bits per heavy atom. The summed E-state index contributed by atoms with van der Waals surface area (Å²) in [6, 6.07) is 21.6. The van der Waals surface area contributed by atoms with Gasteiger partial charge in [-0.15, -0.1) is 0 Å². The first kappa shape index (κ1) is 20.3. The van der Waals surface area contributed by atoms with Crippen molar-refractivity contribution in [2.45, 2.75) is 13.0 Å². The minimum absolute atomic E-state index is 0.202. The number of fused-ring (bicyclic) bond motifs is 1. The Hall–Kier alpha value is -3.93. The average Bonchev–Trinajstić information content (AvgIpc) is 3.04. The third-order valence-electron chi connectivity index (χ3n) is 5.29. The largest absolute Gasteiger partial charge is 0.496 e. The number of carbonyl (C=O) groups is 3. The van der Waals surface area contributed by atoms with Gasteiger partial charge in [0.15, 0.2) is 0 Å². The first-order chi connectivity index (χ1) is 15.1. The van der Waals surface area contributed by atoms with Gasteiger partial charge in [0.1, 0.15) is 5.75 Å². The lowest BCUT2D eigenvalue weighted by molar-refractivity contribution is 0.0642. The number of benzene rings is 3. The van der Waals surface area contributed by atoms with Crippen LogP contribution in [0.5, 0.6) is 5.75 Å². The smallest absolute Gasteiger partial charge is 0.261 e. The standard InChI is InChI=1S/C25H22N2O4/c1-31-22-10-6-5-9-18(22)13-14-26-23(28)19-11-12-20-21(15-19)25(30)27(24(20)29)16-17-7-3-2-4-8-17/h2-12,15H,13-14,16H2,1H3,(H,26,28). The highest BCUT2D eigenvalue weighted by atomic mass is 16.5.